The number of aryl methyl sites for hydroxylation is 1. The van der Waals surface area contributed by atoms with Gasteiger partial charge in [-0.1, -0.05) is 25.5 Å². The summed E-state index contributed by atoms with van der Waals surface area (Å²) in [5.74, 6) is -0.0109. The van der Waals surface area contributed by atoms with Crippen molar-refractivity contribution in [1.82, 2.24) is 4.90 Å². The third-order valence-electron chi connectivity index (χ3n) is 3.12. The number of aliphatic hydroxyl groups is 1. The minimum Gasteiger partial charge on any atom is -0.395 e. The van der Waals surface area contributed by atoms with E-state index >= 15 is 0 Å². The Balaban J connectivity index is 3.01. The molecule has 0 fully saturated rings. The van der Waals surface area contributed by atoms with Crippen LogP contribution in [-0.4, -0.2) is 42.2 Å². The van der Waals surface area contributed by atoms with Crippen molar-refractivity contribution in [2.45, 2.75) is 33.6 Å². The van der Waals surface area contributed by atoms with E-state index in [9.17, 15) is 4.79 Å². The monoisotopic (exact) mass is 278 g/mol. The maximum atomic E-state index is 12.6. The van der Waals surface area contributed by atoms with Crippen LogP contribution in [0.2, 0.25) is 0 Å². The number of benzene rings is 1. The molecule has 0 atom stereocenters. The van der Waals surface area contributed by atoms with Gasteiger partial charge in [0.1, 0.15) is 0 Å². The van der Waals surface area contributed by atoms with Gasteiger partial charge in [0.15, 0.2) is 0 Å². The number of hydrogen-bond donors (Lipinski definition) is 2. The molecular weight excluding hydrogens is 252 g/mol. The van der Waals surface area contributed by atoms with Crippen LogP contribution < -0.4 is 5.32 Å². The number of rotatable bonds is 8. The molecule has 20 heavy (non-hydrogen) atoms. The standard InChI is InChI=1S/C16H26N2O2/c1-4-8-17-15-7-6-13(3)12-14(15)16(20)18(9-5-2)10-11-19/h6-7,12,17,19H,4-5,8-11H2,1-3H3. The first-order chi connectivity index (χ1) is 9.63. The molecule has 1 amide bonds. The molecule has 0 bridgehead atoms. The molecule has 0 spiro atoms. The highest BCUT2D eigenvalue weighted by atomic mass is 16.3. The quantitative estimate of drug-likeness (QED) is 0.768. The molecule has 0 saturated carbocycles. The molecule has 0 aromatic heterocycles. The highest BCUT2D eigenvalue weighted by Gasteiger charge is 2.18. The molecular formula is C16H26N2O2. The van der Waals surface area contributed by atoms with Gasteiger partial charge in [0.2, 0.25) is 0 Å². The molecule has 1 rings (SSSR count). The van der Waals surface area contributed by atoms with Crippen LogP contribution in [0, 0.1) is 6.92 Å². The molecule has 4 nitrogen and oxygen atoms in total. The van der Waals surface area contributed by atoms with Crippen molar-refractivity contribution >= 4 is 11.6 Å². The van der Waals surface area contributed by atoms with Gasteiger partial charge in [-0.05, 0) is 31.9 Å². The first-order valence-electron chi connectivity index (χ1n) is 7.38. The zero-order valence-corrected chi connectivity index (χ0v) is 12.8. The van der Waals surface area contributed by atoms with E-state index in [1.54, 1.807) is 4.90 Å². The van der Waals surface area contributed by atoms with Crippen molar-refractivity contribution in [3.05, 3.63) is 29.3 Å². The fraction of sp³-hybridized carbons (Fsp3) is 0.562. The first-order valence-corrected chi connectivity index (χ1v) is 7.38. The van der Waals surface area contributed by atoms with E-state index in [4.69, 9.17) is 5.11 Å². The second-order valence-electron chi connectivity index (χ2n) is 4.99. The number of nitrogens with one attached hydrogen (secondary N) is 1. The van der Waals surface area contributed by atoms with Gasteiger partial charge in [-0.25, -0.2) is 0 Å². The van der Waals surface area contributed by atoms with Gasteiger partial charge in [0.25, 0.3) is 5.91 Å². The van der Waals surface area contributed by atoms with Crippen LogP contribution in [0.5, 0.6) is 0 Å². The summed E-state index contributed by atoms with van der Waals surface area (Å²) >= 11 is 0. The van der Waals surface area contributed by atoms with E-state index in [1.165, 1.54) is 0 Å². The van der Waals surface area contributed by atoms with E-state index < -0.39 is 0 Å². The summed E-state index contributed by atoms with van der Waals surface area (Å²) in [6.45, 7) is 8.00. The van der Waals surface area contributed by atoms with E-state index in [2.05, 4.69) is 12.2 Å². The van der Waals surface area contributed by atoms with Gasteiger partial charge < -0.3 is 15.3 Å². The summed E-state index contributed by atoms with van der Waals surface area (Å²) in [6, 6.07) is 5.88. The van der Waals surface area contributed by atoms with Crippen LogP contribution in [0.1, 0.15) is 42.6 Å². The Kier molecular flexibility index (Phi) is 7.09. The fourth-order valence-corrected chi connectivity index (χ4v) is 2.12. The summed E-state index contributed by atoms with van der Waals surface area (Å²) in [5.41, 5.74) is 2.64. The number of nitrogens with zero attached hydrogens (tertiary/aromatic N) is 1. The Hall–Kier alpha value is -1.55. The Morgan fingerprint density at radius 2 is 2.00 bits per heavy atom. The summed E-state index contributed by atoms with van der Waals surface area (Å²) < 4.78 is 0. The van der Waals surface area contributed by atoms with Crippen LogP contribution in [0.3, 0.4) is 0 Å². The largest absolute Gasteiger partial charge is 0.395 e. The Morgan fingerprint density at radius 1 is 1.25 bits per heavy atom. The van der Waals surface area contributed by atoms with Crippen molar-refractivity contribution < 1.29 is 9.90 Å². The van der Waals surface area contributed by atoms with E-state index in [0.717, 1.165) is 30.6 Å². The first kappa shape index (κ1) is 16.5. The number of amides is 1. The van der Waals surface area contributed by atoms with Gasteiger partial charge in [0, 0.05) is 25.3 Å². The zero-order chi connectivity index (χ0) is 15.0. The maximum absolute atomic E-state index is 12.6. The highest BCUT2D eigenvalue weighted by molar-refractivity contribution is 5.99. The van der Waals surface area contributed by atoms with E-state index in [1.807, 2.05) is 32.0 Å². The average molecular weight is 278 g/mol. The Bertz CT molecular complexity index is 426. The van der Waals surface area contributed by atoms with Crippen molar-refractivity contribution in [2.24, 2.45) is 0 Å². The van der Waals surface area contributed by atoms with Gasteiger partial charge in [0.05, 0.1) is 12.2 Å². The molecule has 1 aromatic carbocycles. The van der Waals surface area contributed by atoms with Crippen molar-refractivity contribution in [3.63, 3.8) is 0 Å². The summed E-state index contributed by atoms with van der Waals surface area (Å²) in [4.78, 5) is 14.3. The normalized spacial score (nSPS) is 10.4. The number of carbonyl (C=O) groups excluding carboxylic acids is 1. The van der Waals surface area contributed by atoms with Crippen LogP contribution in [0.15, 0.2) is 18.2 Å². The molecule has 0 radical (unpaired) electrons. The molecule has 0 aliphatic carbocycles. The molecule has 4 heteroatoms. The third-order valence-corrected chi connectivity index (χ3v) is 3.12. The average Bonchev–Trinajstić information content (AvgIpc) is 2.45. The Labute approximate surface area is 121 Å². The molecule has 0 aliphatic rings. The Morgan fingerprint density at radius 3 is 2.60 bits per heavy atom. The third kappa shape index (κ3) is 4.53. The van der Waals surface area contributed by atoms with Gasteiger partial charge in [-0.3, -0.25) is 4.79 Å². The van der Waals surface area contributed by atoms with Crippen LogP contribution in [-0.2, 0) is 0 Å². The lowest BCUT2D eigenvalue weighted by molar-refractivity contribution is 0.0723. The molecule has 0 saturated heterocycles. The van der Waals surface area contributed by atoms with Crippen molar-refractivity contribution in [2.75, 3.05) is 31.6 Å². The lowest BCUT2D eigenvalue weighted by Gasteiger charge is -2.23. The minimum atomic E-state index is -0.0109. The second-order valence-corrected chi connectivity index (χ2v) is 4.99. The summed E-state index contributed by atoms with van der Waals surface area (Å²) in [6.07, 6.45) is 1.89. The number of anilines is 1. The number of hydrogen-bond acceptors (Lipinski definition) is 3. The van der Waals surface area contributed by atoms with Crippen LogP contribution in [0.4, 0.5) is 5.69 Å². The second kappa shape index (κ2) is 8.59. The number of aliphatic hydroxyl groups excluding tert-OH is 1. The summed E-state index contributed by atoms with van der Waals surface area (Å²) in [7, 11) is 0. The molecule has 0 aliphatic heterocycles. The molecule has 2 N–H and O–H groups in total. The van der Waals surface area contributed by atoms with Crippen LogP contribution in [0.25, 0.3) is 0 Å². The number of carbonyl (C=O) groups is 1. The fourth-order valence-electron chi connectivity index (χ4n) is 2.12. The van der Waals surface area contributed by atoms with E-state index in [0.29, 0.717) is 18.7 Å². The van der Waals surface area contributed by atoms with E-state index in [-0.39, 0.29) is 12.5 Å². The van der Waals surface area contributed by atoms with Gasteiger partial charge in [-0.15, -0.1) is 0 Å². The zero-order valence-electron chi connectivity index (χ0n) is 12.8. The van der Waals surface area contributed by atoms with Crippen molar-refractivity contribution in [3.8, 4) is 0 Å². The molecule has 0 unspecified atom stereocenters. The topological polar surface area (TPSA) is 52.6 Å². The SMILES string of the molecule is CCCNc1ccc(C)cc1C(=O)N(CCC)CCO. The lowest BCUT2D eigenvalue weighted by atomic mass is 10.1. The van der Waals surface area contributed by atoms with Gasteiger partial charge >= 0.3 is 0 Å². The maximum Gasteiger partial charge on any atom is 0.256 e. The lowest BCUT2D eigenvalue weighted by Crippen LogP contribution is -2.34. The predicted octanol–water partition coefficient (Wildman–Crippen LogP) is 2.66. The predicted molar refractivity (Wildman–Crippen MR) is 83.2 cm³/mol. The molecule has 112 valence electrons. The summed E-state index contributed by atoms with van der Waals surface area (Å²) in [5, 5.41) is 12.4. The van der Waals surface area contributed by atoms with Gasteiger partial charge in [-0.2, -0.15) is 0 Å². The van der Waals surface area contributed by atoms with Crippen LogP contribution >= 0.6 is 0 Å². The minimum absolute atomic E-state index is 0.00468. The molecule has 0 heterocycles. The highest BCUT2D eigenvalue weighted by Crippen LogP contribution is 2.19. The molecule has 1 aromatic rings. The van der Waals surface area contributed by atoms with Crippen molar-refractivity contribution in [1.29, 1.82) is 0 Å². The smallest absolute Gasteiger partial charge is 0.256 e.